The Balaban J connectivity index is 1.30. The molecule has 3 aromatic rings. The fraction of sp³-hybridized carbons (Fsp3) is 0.469. The van der Waals surface area contributed by atoms with E-state index < -0.39 is 5.82 Å². The molecular weight excluding hydrogens is 533 g/mol. The number of nitriles is 1. The van der Waals surface area contributed by atoms with Crippen LogP contribution in [-0.4, -0.2) is 82.6 Å². The van der Waals surface area contributed by atoms with Crippen LogP contribution in [0.1, 0.15) is 42.7 Å². The molecule has 1 amide bonds. The molecule has 3 fully saturated rings. The van der Waals surface area contributed by atoms with Crippen LogP contribution in [0.5, 0.6) is 6.01 Å². The van der Waals surface area contributed by atoms with Crippen LogP contribution in [-0.2, 0) is 11.2 Å². The van der Waals surface area contributed by atoms with Gasteiger partial charge in [-0.2, -0.15) is 15.2 Å². The van der Waals surface area contributed by atoms with Crippen molar-refractivity contribution in [3.63, 3.8) is 0 Å². The van der Waals surface area contributed by atoms with Crippen LogP contribution >= 0.6 is 0 Å². The van der Waals surface area contributed by atoms with Gasteiger partial charge >= 0.3 is 6.01 Å². The summed E-state index contributed by atoms with van der Waals surface area (Å²) in [5.74, 6) is 0.966. The van der Waals surface area contributed by atoms with Crippen LogP contribution in [0.3, 0.4) is 0 Å². The van der Waals surface area contributed by atoms with Crippen molar-refractivity contribution in [1.82, 2.24) is 24.8 Å². The summed E-state index contributed by atoms with van der Waals surface area (Å²) in [4.78, 5) is 32.5. The van der Waals surface area contributed by atoms with Crippen LogP contribution < -0.4 is 9.64 Å². The third kappa shape index (κ3) is 4.56. The molecule has 4 heterocycles. The number of hydrogen-bond donors (Lipinski definition) is 0. The van der Waals surface area contributed by atoms with Gasteiger partial charge in [-0.3, -0.25) is 9.78 Å². The summed E-state index contributed by atoms with van der Waals surface area (Å²) in [7, 11) is 2.08. The molecule has 2 unspecified atom stereocenters. The average Bonchev–Trinajstić information content (AvgIpc) is 3.48. The predicted molar refractivity (Wildman–Crippen MR) is 157 cm³/mol. The number of carbonyl (C=O) groups excluding carboxylic acids is 1. The number of halogens is 1. The molecule has 9 nitrogen and oxygen atoms in total. The minimum Gasteiger partial charge on any atom is -0.462 e. The summed E-state index contributed by atoms with van der Waals surface area (Å²) in [6, 6.07) is 8.31. The standard InChI is InChI=1S/C32H34FN7O2/c1-3-26(41)40-13-12-39(17-21(40)9-10-34)31-25-16-35-29(23-8-4-6-19-14-20-15-24(20)27(19)23)28(33)30(25)36-32(37-31)42-18-22-7-5-11-38(22)2/h3-4,6,8,16,20-22,24H,1,5,7,9,11-15,17-18H2,2H3/t20-,21?,22?,24+/m0/s1. The number of amides is 1. The van der Waals surface area contributed by atoms with Crippen molar-refractivity contribution in [2.45, 2.75) is 50.1 Å². The maximum atomic E-state index is 16.6. The van der Waals surface area contributed by atoms with Crippen LogP contribution in [0.25, 0.3) is 22.2 Å². The third-order valence-corrected chi connectivity index (χ3v) is 9.51. The van der Waals surface area contributed by atoms with Crippen LogP contribution in [0.2, 0.25) is 0 Å². The summed E-state index contributed by atoms with van der Waals surface area (Å²) in [5, 5.41) is 9.96. The Bertz CT molecular complexity index is 1620. The van der Waals surface area contributed by atoms with E-state index in [1.54, 1.807) is 11.1 Å². The van der Waals surface area contributed by atoms with Gasteiger partial charge in [0.05, 0.1) is 23.9 Å². The van der Waals surface area contributed by atoms with Gasteiger partial charge in [0.15, 0.2) is 5.82 Å². The van der Waals surface area contributed by atoms with Crippen molar-refractivity contribution in [3.05, 3.63) is 54.0 Å². The molecule has 2 aromatic heterocycles. The zero-order valence-electron chi connectivity index (χ0n) is 23.8. The molecule has 2 saturated heterocycles. The molecule has 1 saturated carbocycles. The van der Waals surface area contributed by atoms with Gasteiger partial charge in [-0.25, -0.2) is 4.39 Å². The minimum atomic E-state index is -0.481. The second-order valence-corrected chi connectivity index (χ2v) is 12.0. The van der Waals surface area contributed by atoms with E-state index in [0.717, 1.165) is 37.8 Å². The van der Waals surface area contributed by atoms with E-state index in [2.05, 4.69) is 40.6 Å². The Hall–Kier alpha value is -4.10. The smallest absolute Gasteiger partial charge is 0.319 e. The summed E-state index contributed by atoms with van der Waals surface area (Å²) in [5.41, 5.74) is 3.84. The first-order valence-corrected chi connectivity index (χ1v) is 14.8. The molecular formula is C32H34FN7O2. The summed E-state index contributed by atoms with van der Waals surface area (Å²) in [6.07, 6.45) is 7.43. The molecule has 10 heteroatoms. The number of likely N-dealkylation sites (tertiary alicyclic amines) is 1. The zero-order chi connectivity index (χ0) is 29.0. The highest BCUT2D eigenvalue weighted by molar-refractivity contribution is 5.93. The SMILES string of the molecule is C=CC(=O)N1CCN(c2nc(OCC3CCCN3C)nc3c(F)c(-c4cccc5c4[C@@H]4C[C@@H]4C5)ncc23)CC1CC#N. The van der Waals surface area contributed by atoms with Gasteiger partial charge in [-0.1, -0.05) is 24.8 Å². The summed E-state index contributed by atoms with van der Waals surface area (Å²) < 4.78 is 22.7. The zero-order valence-corrected chi connectivity index (χ0v) is 23.8. The van der Waals surface area contributed by atoms with Crippen LogP contribution in [0.15, 0.2) is 37.1 Å². The molecule has 0 N–H and O–H groups in total. The van der Waals surface area contributed by atoms with Gasteiger partial charge in [-0.15, -0.1) is 0 Å². The molecule has 0 spiro atoms. The highest BCUT2D eigenvalue weighted by Gasteiger charge is 2.46. The highest BCUT2D eigenvalue weighted by atomic mass is 19.1. The van der Waals surface area contributed by atoms with Gasteiger partial charge < -0.3 is 19.4 Å². The number of anilines is 1. The Morgan fingerprint density at radius 2 is 2.14 bits per heavy atom. The fourth-order valence-corrected chi connectivity index (χ4v) is 7.16. The van der Waals surface area contributed by atoms with E-state index in [4.69, 9.17) is 9.72 Å². The molecule has 7 rings (SSSR count). The number of pyridine rings is 1. The second-order valence-electron chi connectivity index (χ2n) is 12.0. The lowest BCUT2D eigenvalue weighted by atomic mass is 9.96. The van der Waals surface area contributed by atoms with E-state index in [-0.39, 0.29) is 35.9 Å². The van der Waals surface area contributed by atoms with Gasteiger partial charge in [0.25, 0.3) is 0 Å². The number of hydrogen-bond acceptors (Lipinski definition) is 8. The van der Waals surface area contributed by atoms with E-state index >= 15 is 4.39 Å². The highest BCUT2D eigenvalue weighted by Crippen LogP contribution is 2.58. The number of benzene rings is 1. The maximum absolute atomic E-state index is 16.6. The Morgan fingerprint density at radius 1 is 1.26 bits per heavy atom. The Labute approximate surface area is 244 Å². The van der Waals surface area contributed by atoms with E-state index in [1.165, 1.54) is 17.2 Å². The number of aromatic nitrogens is 3. The van der Waals surface area contributed by atoms with Crippen molar-refractivity contribution < 1.29 is 13.9 Å². The van der Waals surface area contributed by atoms with Gasteiger partial charge in [0.2, 0.25) is 5.91 Å². The quantitative estimate of drug-likeness (QED) is 0.394. The number of ether oxygens (including phenoxy) is 1. The minimum absolute atomic E-state index is 0.121. The van der Waals surface area contributed by atoms with Crippen molar-refractivity contribution in [3.8, 4) is 23.3 Å². The molecule has 4 atom stereocenters. The molecule has 1 aromatic carbocycles. The van der Waals surface area contributed by atoms with Crippen molar-refractivity contribution in [2.24, 2.45) is 5.92 Å². The van der Waals surface area contributed by atoms with E-state index in [9.17, 15) is 10.1 Å². The number of carbonyl (C=O) groups is 1. The Kier molecular flexibility index (Phi) is 6.77. The first-order valence-electron chi connectivity index (χ1n) is 14.8. The summed E-state index contributed by atoms with van der Waals surface area (Å²) >= 11 is 0. The molecule has 0 bridgehead atoms. The first-order chi connectivity index (χ1) is 20.5. The van der Waals surface area contributed by atoms with Crippen molar-refractivity contribution in [2.75, 3.05) is 44.7 Å². The van der Waals surface area contributed by atoms with Crippen molar-refractivity contribution in [1.29, 1.82) is 5.26 Å². The molecule has 42 heavy (non-hydrogen) atoms. The van der Waals surface area contributed by atoms with Crippen molar-refractivity contribution >= 4 is 22.6 Å². The first kappa shape index (κ1) is 26.8. The lowest BCUT2D eigenvalue weighted by Gasteiger charge is -2.41. The largest absolute Gasteiger partial charge is 0.462 e. The normalized spacial score (nSPS) is 24.8. The van der Waals surface area contributed by atoms with Gasteiger partial charge in [-0.05, 0) is 68.3 Å². The monoisotopic (exact) mass is 567 g/mol. The Morgan fingerprint density at radius 3 is 2.93 bits per heavy atom. The number of nitrogens with zero attached hydrogens (tertiary/aromatic N) is 7. The fourth-order valence-electron chi connectivity index (χ4n) is 7.16. The van der Waals surface area contributed by atoms with E-state index in [1.807, 2.05) is 17.0 Å². The van der Waals surface area contributed by atoms with Gasteiger partial charge in [0.1, 0.15) is 23.6 Å². The van der Waals surface area contributed by atoms with Crippen LogP contribution in [0.4, 0.5) is 10.2 Å². The molecule has 216 valence electrons. The molecule has 2 aliphatic heterocycles. The van der Waals surface area contributed by atoms with Crippen LogP contribution in [0, 0.1) is 23.1 Å². The molecule has 4 aliphatic rings. The number of likely N-dealkylation sites (N-methyl/N-ethyl adjacent to an activating group) is 1. The van der Waals surface area contributed by atoms with Gasteiger partial charge in [0, 0.05) is 37.4 Å². The number of piperazine rings is 1. The maximum Gasteiger partial charge on any atom is 0.319 e. The lowest BCUT2D eigenvalue weighted by Crippen LogP contribution is -2.55. The molecule has 2 aliphatic carbocycles. The lowest BCUT2D eigenvalue weighted by molar-refractivity contribution is -0.128. The predicted octanol–water partition coefficient (Wildman–Crippen LogP) is 4.08. The second kappa shape index (κ2) is 10.6. The summed E-state index contributed by atoms with van der Waals surface area (Å²) in [6.45, 7) is 6.24. The molecule has 0 radical (unpaired) electrons. The van der Waals surface area contributed by atoms with E-state index in [0.29, 0.717) is 55.0 Å². The topological polar surface area (TPSA) is 98.5 Å². The number of fused-ring (bicyclic) bond motifs is 4. The third-order valence-electron chi connectivity index (χ3n) is 9.51. The number of rotatable bonds is 7. The average molecular weight is 568 g/mol.